The molecule has 1 saturated carbocycles. The van der Waals surface area contributed by atoms with E-state index in [9.17, 15) is 35.5 Å². The van der Waals surface area contributed by atoms with Gasteiger partial charge in [0.2, 0.25) is 0 Å². The van der Waals surface area contributed by atoms with Crippen LogP contribution in [0.5, 0.6) is 11.5 Å². The number of unbranched alkanes of at least 4 members (excludes halogenated alkanes) is 2. The topological polar surface area (TPSA) is 35.5 Å². The molecule has 1 aliphatic carbocycles. The third-order valence-electron chi connectivity index (χ3n) is 8.69. The van der Waals surface area contributed by atoms with E-state index in [-0.39, 0.29) is 24.3 Å². The molecule has 0 atom stereocenters. The van der Waals surface area contributed by atoms with E-state index in [0.29, 0.717) is 17.0 Å². The highest BCUT2D eigenvalue weighted by Gasteiger charge is 2.42. The van der Waals surface area contributed by atoms with Crippen LogP contribution < -0.4 is 9.47 Å². The van der Waals surface area contributed by atoms with Crippen LogP contribution in [0.15, 0.2) is 66.7 Å². The van der Waals surface area contributed by atoms with Gasteiger partial charge in [0.25, 0.3) is 0 Å². The van der Waals surface area contributed by atoms with E-state index in [0.717, 1.165) is 30.9 Å². The number of carbonyl (C=O) groups excluding carboxylic acids is 1. The van der Waals surface area contributed by atoms with Gasteiger partial charge >= 0.3 is 12.1 Å². The third-order valence-corrected chi connectivity index (χ3v) is 8.69. The van der Waals surface area contributed by atoms with Gasteiger partial charge in [0.05, 0.1) is 5.56 Å². The Balaban J connectivity index is 1.23. The maximum atomic E-state index is 15.0. The zero-order valence-corrected chi connectivity index (χ0v) is 25.9. The molecule has 5 rings (SSSR count). The smallest absolute Gasteiger partial charge is 0.429 e. The first-order valence-corrected chi connectivity index (χ1v) is 15.7. The van der Waals surface area contributed by atoms with Gasteiger partial charge in [-0.15, -0.1) is 0 Å². The first-order chi connectivity index (χ1) is 22.9. The highest BCUT2D eigenvalue weighted by atomic mass is 19.3. The van der Waals surface area contributed by atoms with E-state index in [4.69, 9.17) is 4.74 Å². The van der Waals surface area contributed by atoms with Crippen molar-refractivity contribution in [2.75, 3.05) is 0 Å². The average Bonchev–Trinajstić information content (AvgIpc) is 3.03. The summed E-state index contributed by atoms with van der Waals surface area (Å²) in [5.41, 5.74) is -0.159. The summed E-state index contributed by atoms with van der Waals surface area (Å²) >= 11 is 0. The van der Waals surface area contributed by atoms with Crippen LogP contribution in [0.2, 0.25) is 0 Å². The zero-order chi connectivity index (χ0) is 34.6. The molecule has 0 amide bonds. The summed E-state index contributed by atoms with van der Waals surface area (Å²) < 4.78 is 122. The standard InChI is InChI=1S/C37H32F8O3/c1-2-3-4-5-21-6-8-22(9-7-21)23-10-12-24(13-11-23)25-14-15-28(29(38)16-25)36(46)47-26-17-30(39)34(31(40)18-26)37(44,45)48-27-19-32(41)35(43)33(42)20-27/h10-22H,2-9H2,1H3. The second-order valence-electron chi connectivity index (χ2n) is 12.0. The molecule has 11 heteroatoms. The van der Waals surface area contributed by atoms with Gasteiger partial charge in [0.15, 0.2) is 17.5 Å². The van der Waals surface area contributed by atoms with E-state index >= 15 is 4.39 Å². The van der Waals surface area contributed by atoms with Gasteiger partial charge in [-0.25, -0.2) is 31.1 Å². The molecule has 4 aromatic carbocycles. The summed E-state index contributed by atoms with van der Waals surface area (Å²) in [6.45, 7) is 2.21. The molecule has 0 radical (unpaired) electrons. The van der Waals surface area contributed by atoms with Crippen LogP contribution in [0.3, 0.4) is 0 Å². The highest BCUT2D eigenvalue weighted by Crippen LogP contribution is 2.39. The minimum atomic E-state index is -4.83. The van der Waals surface area contributed by atoms with E-state index in [1.807, 2.05) is 24.3 Å². The van der Waals surface area contributed by atoms with Crippen molar-refractivity contribution in [2.24, 2.45) is 5.92 Å². The van der Waals surface area contributed by atoms with Gasteiger partial charge in [0.1, 0.15) is 34.5 Å². The van der Waals surface area contributed by atoms with Crippen molar-refractivity contribution in [3.05, 3.63) is 118 Å². The van der Waals surface area contributed by atoms with Crippen LogP contribution in [0.25, 0.3) is 11.1 Å². The molecule has 254 valence electrons. The molecule has 0 bridgehead atoms. The molecule has 48 heavy (non-hydrogen) atoms. The Morgan fingerprint density at radius 1 is 0.708 bits per heavy atom. The number of halogens is 8. The lowest BCUT2D eigenvalue weighted by Gasteiger charge is -2.29. The molecule has 0 aliphatic heterocycles. The summed E-state index contributed by atoms with van der Waals surface area (Å²) in [6, 6.07) is 12.1. The predicted octanol–water partition coefficient (Wildman–Crippen LogP) is 11.4. The molecule has 1 aliphatic rings. The zero-order valence-electron chi connectivity index (χ0n) is 25.9. The molecule has 0 N–H and O–H groups in total. The highest BCUT2D eigenvalue weighted by molar-refractivity contribution is 5.92. The normalized spacial score (nSPS) is 16.5. The maximum Gasteiger partial charge on any atom is 0.432 e. The van der Waals surface area contributed by atoms with Crippen molar-refractivity contribution >= 4 is 5.97 Å². The van der Waals surface area contributed by atoms with Crippen LogP contribution in [0.1, 0.15) is 85.7 Å². The molecule has 0 aromatic heterocycles. The Labute approximate surface area is 272 Å². The Kier molecular flexibility index (Phi) is 10.8. The molecule has 0 spiro atoms. The van der Waals surface area contributed by atoms with Gasteiger partial charge in [-0.1, -0.05) is 62.9 Å². The van der Waals surface area contributed by atoms with Gasteiger partial charge < -0.3 is 9.47 Å². The molecule has 4 aromatic rings. The number of carbonyl (C=O) groups is 1. The van der Waals surface area contributed by atoms with Crippen LogP contribution in [0, 0.1) is 40.8 Å². The van der Waals surface area contributed by atoms with E-state index < -0.39 is 69.6 Å². The van der Waals surface area contributed by atoms with Crippen LogP contribution in [-0.4, -0.2) is 5.97 Å². The number of esters is 1. The molecule has 3 nitrogen and oxygen atoms in total. The van der Waals surface area contributed by atoms with Crippen LogP contribution >= 0.6 is 0 Å². The summed E-state index contributed by atoms with van der Waals surface area (Å²) in [7, 11) is 0. The van der Waals surface area contributed by atoms with Crippen molar-refractivity contribution in [1.82, 2.24) is 0 Å². The molecule has 0 saturated heterocycles. The van der Waals surface area contributed by atoms with Crippen molar-refractivity contribution in [3.63, 3.8) is 0 Å². The molecule has 0 unspecified atom stereocenters. The van der Waals surface area contributed by atoms with Crippen molar-refractivity contribution in [2.45, 2.75) is 70.3 Å². The van der Waals surface area contributed by atoms with Crippen LogP contribution in [-0.2, 0) is 6.11 Å². The predicted molar refractivity (Wildman–Crippen MR) is 163 cm³/mol. The summed E-state index contributed by atoms with van der Waals surface area (Å²) in [6.07, 6.45) is 4.93. The fraction of sp³-hybridized carbons (Fsp3) is 0.324. The number of hydrogen-bond acceptors (Lipinski definition) is 3. The first-order valence-electron chi connectivity index (χ1n) is 15.7. The Bertz CT molecular complexity index is 1720. The maximum absolute atomic E-state index is 15.0. The number of hydrogen-bond donors (Lipinski definition) is 0. The number of benzene rings is 4. The largest absolute Gasteiger partial charge is 0.432 e. The Hall–Kier alpha value is -4.41. The molecule has 1 fully saturated rings. The lowest BCUT2D eigenvalue weighted by atomic mass is 9.77. The van der Waals surface area contributed by atoms with Gasteiger partial charge in [-0.05, 0) is 66.3 Å². The SMILES string of the molecule is CCCCCC1CCC(c2ccc(-c3ccc(C(=O)Oc4cc(F)c(C(F)(F)Oc5cc(F)c(F)c(F)c5)c(F)c4)c(F)c3)cc2)CC1. The first kappa shape index (κ1) is 34.9. The number of alkyl halides is 2. The monoisotopic (exact) mass is 676 g/mol. The average molecular weight is 677 g/mol. The number of ether oxygens (including phenoxy) is 2. The minimum absolute atomic E-state index is 0.0639. The molecular formula is C37H32F8O3. The van der Waals surface area contributed by atoms with Crippen molar-refractivity contribution in [1.29, 1.82) is 0 Å². The third kappa shape index (κ3) is 7.99. The Morgan fingerprint density at radius 2 is 1.29 bits per heavy atom. The second-order valence-corrected chi connectivity index (χ2v) is 12.0. The van der Waals surface area contributed by atoms with E-state index in [1.165, 1.54) is 50.2 Å². The summed E-state index contributed by atoms with van der Waals surface area (Å²) in [5.74, 6) is -12.8. The molecular weight excluding hydrogens is 644 g/mol. The quantitative estimate of drug-likeness (QED) is 0.0522. The minimum Gasteiger partial charge on any atom is -0.429 e. The second kappa shape index (κ2) is 14.8. The van der Waals surface area contributed by atoms with Crippen molar-refractivity contribution < 1.29 is 49.4 Å². The van der Waals surface area contributed by atoms with Gasteiger partial charge in [0, 0.05) is 24.3 Å². The fourth-order valence-electron chi connectivity index (χ4n) is 6.11. The summed E-state index contributed by atoms with van der Waals surface area (Å²) in [5, 5.41) is 0. The molecule has 0 heterocycles. The van der Waals surface area contributed by atoms with E-state index in [2.05, 4.69) is 11.7 Å². The van der Waals surface area contributed by atoms with Gasteiger partial charge in [-0.2, -0.15) is 8.78 Å². The summed E-state index contributed by atoms with van der Waals surface area (Å²) in [4.78, 5) is 12.7. The lowest BCUT2D eigenvalue weighted by Crippen LogP contribution is -2.25. The fourth-order valence-corrected chi connectivity index (χ4v) is 6.11. The van der Waals surface area contributed by atoms with Crippen molar-refractivity contribution in [3.8, 4) is 22.6 Å². The van der Waals surface area contributed by atoms with E-state index in [1.54, 1.807) is 0 Å². The Morgan fingerprint density at radius 3 is 1.88 bits per heavy atom. The van der Waals surface area contributed by atoms with Crippen LogP contribution in [0.4, 0.5) is 35.1 Å². The lowest BCUT2D eigenvalue weighted by molar-refractivity contribution is -0.189. The van der Waals surface area contributed by atoms with Gasteiger partial charge in [-0.3, -0.25) is 0 Å². The number of rotatable bonds is 11.